The van der Waals surface area contributed by atoms with Crippen molar-refractivity contribution in [2.24, 2.45) is 0 Å². The molecule has 19 heavy (non-hydrogen) atoms. The fourth-order valence-corrected chi connectivity index (χ4v) is 3.42. The van der Waals surface area contributed by atoms with Gasteiger partial charge in [0.05, 0.1) is 14.7 Å². The maximum Gasteiger partial charge on any atom is 0.255 e. The number of rotatable bonds is 5. The number of halogens is 2. The molecule has 1 rings (SSSR count). The summed E-state index contributed by atoms with van der Waals surface area (Å²) in [5, 5.41) is 22.7. The molecule has 0 saturated carbocycles. The van der Waals surface area contributed by atoms with Crippen LogP contribution in [0.3, 0.4) is 0 Å². The van der Waals surface area contributed by atoms with E-state index in [0.29, 0.717) is 16.4 Å². The SMILES string of the molecule is CCC(O)(CC)CNC(=O)c1cc(I)cc(I)c1O. The second-order valence-electron chi connectivity index (χ2n) is 4.40. The highest BCUT2D eigenvalue weighted by Crippen LogP contribution is 2.27. The number of aromatic hydroxyl groups is 1. The molecule has 0 fully saturated rings. The van der Waals surface area contributed by atoms with Crippen LogP contribution in [0.1, 0.15) is 37.0 Å². The highest BCUT2D eigenvalue weighted by molar-refractivity contribution is 14.1. The average molecular weight is 489 g/mol. The Morgan fingerprint density at radius 3 is 2.42 bits per heavy atom. The second kappa shape index (κ2) is 7.07. The molecule has 0 atom stereocenters. The van der Waals surface area contributed by atoms with Crippen LogP contribution in [0.25, 0.3) is 0 Å². The summed E-state index contributed by atoms with van der Waals surface area (Å²) in [4.78, 5) is 12.1. The van der Waals surface area contributed by atoms with Gasteiger partial charge in [-0.3, -0.25) is 4.79 Å². The van der Waals surface area contributed by atoms with E-state index < -0.39 is 5.60 Å². The molecule has 1 aromatic carbocycles. The van der Waals surface area contributed by atoms with Gasteiger partial charge in [0.1, 0.15) is 5.75 Å². The lowest BCUT2D eigenvalue weighted by molar-refractivity contribution is 0.0313. The van der Waals surface area contributed by atoms with Crippen molar-refractivity contribution < 1.29 is 15.0 Å². The van der Waals surface area contributed by atoms with Crippen LogP contribution in [0.4, 0.5) is 0 Å². The minimum absolute atomic E-state index is 0.0185. The zero-order valence-electron chi connectivity index (χ0n) is 10.8. The third-order valence-electron chi connectivity index (χ3n) is 3.17. The first-order valence-electron chi connectivity index (χ1n) is 6.01. The molecule has 0 aliphatic rings. The Bertz CT molecular complexity index is 473. The number of aliphatic hydroxyl groups is 1. The van der Waals surface area contributed by atoms with Crippen LogP contribution in [-0.4, -0.2) is 28.3 Å². The molecule has 6 heteroatoms. The lowest BCUT2D eigenvalue weighted by Crippen LogP contribution is -2.42. The molecular weight excluding hydrogens is 472 g/mol. The zero-order valence-corrected chi connectivity index (χ0v) is 15.1. The average Bonchev–Trinajstić information content (AvgIpc) is 2.39. The second-order valence-corrected chi connectivity index (χ2v) is 6.81. The van der Waals surface area contributed by atoms with E-state index in [2.05, 4.69) is 27.9 Å². The maximum absolute atomic E-state index is 12.1. The van der Waals surface area contributed by atoms with Crippen LogP contribution in [0, 0.1) is 7.14 Å². The van der Waals surface area contributed by atoms with Gasteiger partial charge in [0.2, 0.25) is 0 Å². The van der Waals surface area contributed by atoms with E-state index in [1.54, 1.807) is 12.1 Å². The molecule has 0 aliphatic carbocycles. The Morgan fingerprint density at radius 1 is 1.32 bits per heavy atom. The Labute approximate surface area is 140 Å². The third-order valence-corrected chi connectivity index (χ3v) is 4.61. The normalized spacial score (nSPS) is 11.4. The molecule has 1 aromatic rings. The Kier molecular flexibility index (Phi) is 6.31. The fourth-order valence-electron chi connectivity index (χ4n) is 1.58. The van der Waals surface area contributed by atoms with E-state index in [1.165, 1.54) is 0 Å². The lowest BCUT2D eigenvalue weighted by atomic mass is 9.97. The summed E-state index contributed by atoms with van der Waals surface area (Å²) in [6.07, 6.45) is 1.14. The molecule has 0 unspecified atom stereocenters. The molecular formula is C13H17I2NO3. The molecule has 106 valence electrons. The monoisotopic (exact) mass is 489 g/mol. The molecule has 0 spiro atoms. The van der Waals surface area contributed by atoms with Crippen molar-refractivity contribution in [1.29, 1.82) is 0 Å². The van der Waals surface area contributed by atoms with Gasteiger partial charge in [0, 0.05) is 10.1 Å². The first kappa shape index (κ1) is 17.0. The van der Waals surface area contributed by atoms with Crippen molar-refractivity contribution in [3.05, 3.63) is 24.8 Å². The predicted octanol–water partition coefficient (Wildman–Crippen LogP) is 2.88. The van der Waals surface area contributed by atoms with Gasteiger partial charge in [-0.25, -0.2) is 0 Å². The fraction of sp³-hybridized carbons (Fsp3) is 0.462. The predicted molar refractivity (Wildman–Crippen MR) is 91.4 cm³/mol. The van der Waals surface area contributed by atoms with Crippen molar-refractivity contribution in [3.63, 3.8) is 0 Å². The van der Waals surface area contributed by atoms with Gasteiger partial charge in [-0.15, -0.1) is 0 Å². The molecule has 3 N–H and O–H groups in total. The smallest absolute Gasteiger partial charge is 0.255 e. The summed E-state index contributed by atoms with van der Waals surface area (Å²) < 4.78 is 1.52. The summed E-state index contributed by atoms with van der Waals surface area (Å²) >= 11 is 4.08. The first-order valence-corrected chi connectivity index (χ1v) is 8.17. The van der Waals surface area contributed by atoms with E-state index in [1.807, 2.05) is 36.4 Å². The van der Waals surface area contributed by atoms with E-state index in [4.69, 9.17) is 0 Å². The van der Waals surface area contributed by atoms with Crippen molar-refractivity contribution >= 4 is 51.1 Å². The van der Waals surface area contributed by atoms with Gasteiger partial charge in [-0.05, 0) is 70.2 Å². The van der Waals surface area contributed by atoms with Crippen molar-refractivity contribution in [3.8, 4) is 5.75 Å². The number of hydrogen-bond donors (Lipinski definition) is 3. The van der Waals surface area contributed by atoms with E-state index >= 15 is 0 Å². The molecule has 0 heterocycles. The summed E-state index contributed by atoms with van der Waals surface area (Å²) in [6.45, 7) is 3.93. The van der Waals surface area contributed by atoms with Gasteiger partial charge in [-0.2, -0.15) is 0 Å². The molecule has 0 aromatic heterocycles. The van der Waals surface area contributed by atoms with Gasteiger partial charge < -0.3 is 15.5 Å². The Morgan fingerprint density at radius 2 is 1.89 bits per heavy atom. The number of phenolic OH excluding ortho intramolecular Hbond substituents is 1. The van der Waals surface area contributed by atoms with Gasteiger partial charge in [0.15, 0.2) is 0 Å². The van der Waals surface area contributed by atoms with Gasteiger partial charge >= 0.3 is 0 Å². The highest BCUT2D eigenvalue weighted by atomic mass is 127. The van der Waals surface area contributed by atoms with E-state index in [9.17, 15) is 15.0 Å². The first-order chi connectivity index (χ1) is 8.83. The number of benzene rings is 1. The van der Waals surface area contributed by atoms with Gasteiger partial charge in [-0.1, -0.05) is 13.8 Å². The van der Waals surface area contributed by atoms with Crippen molar-refractivity contribution in [1.82, 2.24) is 5.32 Å². The number of nitrogens with one attached hydrogen (secondary N) is 1. The summed E-state index contributed by atoms with van der Waals surface area (Å²) in [6, 6.07) is 3.42. The zero-order chi connectivity index (χ0) is 14.6. The standard InChI is InChI=1S/C13H17I2NO3/c1-3-13(19,4-2)7-16-12(18)9-5-8(14)6-10(15)11(9)17/h5-6,17,19H,3-4,7H2,1-2H3,(H,16,18). The molecule has 0 radical (unpaired) electrons. The third kappa shape index (κ3) is 4.45. The molecule has 0 bridgehead atoms. The summed E-state index contributed by atoms with van der Waals surface area (Å²) in [7, 11) is 0. The largest absolute Gasteiger partial charge is 0.506 e. The van der Waals surface area contributed by atoms with Crippen molar-refractivity contribution in [2.45, 2.75) is 32.3 Å². The van der Waals surface area contributed by atoms with Crippen molar-refractivity contribution in [2.75, 3.05) is 6.54 Å². The maximum atomic E-state index is 12.1. The number of carbonyl (C=O) groups excluding carboxylic acids is 1. The molecule has 1 amide bonds. The minimum Gasteiger partial charge on any atom is -0.506 e. The molecule has 0 aliphatic heterocycles. The minimum atomic E-state index is -0.889. The topological polar surface area (TPSA) is 69.6 Å². The van der Waals surface area contributed by atoms with Crippen LogP contribution in [0.15, 0.2) is 12.1 Å². The highest BCUT2D eigenvalue weighted by Gasteiger charge is 2.24. The number of amides is 1. The number of phenols is 1. The molecule has 4 nitrogen and oxygen atoms in total. The van der Waals surface area contributed by atoms with Crippen LogP contribution < -0.4 is 5.32 Å². The lowest BCUT2D eigenvalue weighted by Gasteiger charge is -2.25. The Balaban J connectivity index is 2.85. The van der Waals surface area contributed by atoms with Crippen LogP contribution in [-0.2, 0) is 0 Å². The molecule has 0 saturated heterocycles. The Hall–Kier alpha value is -0.0900. The van der Waals surface area contributed by atoms with Crippen LogP contribution in [0.2, 0.25) is 0 Å². The van der Waals surface area contributed by atoms with Crippen LogP contribution in [0.5, 0.6) is 5.75 Å². The van der Waals surface area contributed by atoms with Crippen LogP contribution >= 0.6 is 45.2 Å². The quantitative estimate of drug-likeness (QED) is 0.558. The number of carbonyl (C=O) groups is 1. The van der Waals surface area contributed by atoms with Gasteiger partial charge in [0.25, 0.3) is 5.91 Å². The van der Waals surface area contributed by atoms with E-state index in [0.717, 1.165) is 3.57 Å². The summed E-state index contributed by atoms with van der Waals surface area (Å²) in [5.74, 6) is -0.385. The number of hydrogen-bond acceptors (Lipinski definition) is 3. The summed E-state index contributed by atoms with van der Waals surface area (Å²) in [5.41, 5.74) is -0.647. The van der Waals surface area contributed by atoms with E-state index in [-0.39, 0.29) is 23.8 Å².